The van der Waals surface area contributed by atoms with Gasteiger partial charge in [-0.1, -0.05) is 29.5 Å². The minimum atomic E-state index is -2.95. The molecule has 0 radical (unpaired) electrons. The molecule has 1 heterocycles. The monoisotopic (exact) mass is 438 g/mol. The number of benzene rings is 2. The Morgan fingerprint density at radius 1 is 1.13 bits per heavy atom. The molecule has 0 spiro atoms. The van der Waals surface area contributed by atoms with Crippen LogP contribution in [0.4, 0.5) is 0 Å². The lowest BCUT2D eigenvalue weighted by atomic mass is 10.1. The van der Waals surface area contributed by atoms with Crippen molar-refractivity contribution < 1.29 is 13.7 Å². The van der Waals surface area contributed by atoms with E-state index in [9.17, 15) is 9.00 Å². The zero-order valence-corrected chi connectivity index (χ0v) is 18.3. The lowest BCUT2D eigenvalue weighted by molar-refractivity contribution is 0.100. The smallest absolute Gasteiger partial charge is 0.286 e. The Morgan fingerprint density at radius 3 is 2.63 bits per heavy atom. The van der Waals surface area contributed by atoms with E-state index in [-0.39, 0.29) is 5.56 Å². The van der Waals surface area contributed by atoms with Crippen LogP contribution in [0.2, 0.25) is 5.02 Å². The normalized spacial score (nSPS) is 12.3. The number of rotatable bonds is 3. The van der Waals surface area contributed by atoms with Crippen LogP contribution >= 0.6 is 11.6 Å². The van der Waals surface area contributed by atoms with Crippen molar-refractivity contribution in [3.05, 3.63) is 88.2 Å². The van der Waals surface area contributed by atoms with Gasteiger partial charge < -0.3 is 4.74 Å². The van der Waals surface area contributed by atoms with Gasteiger partial charge in [-0.05, 0) is 55.0 Å². The second-order valence-corrected chi connectivity index (χ2v) is 9.24. The van der Waals surface area contributed by atoms with Crippen LogP contribution in [-0.2, 0) is 9.73 Å². The first kappa shape index (κ1) is 21.6. The fourth-order valence-electron chi connectivity index (χ4n) is 2.63. The number of pyridine rings is 1. The molecule has 2 aromatic carbocycles. The minimum absolute atomic E-state index is 0.213. The van der Waals surface area contributed by atoms with E-state index < -0.39 is 15.6 Å². The number of hydrogen-bond acceptors (Lipinski definition) is 4. The van der Waals surface area contributed by atoms with Gasteiger partial charge in [0.2, 0.25) is 0 Å². The molecule has 152 valence electrons. The maximum Gasteiger partial charge on any atom is 0.286 e. The predicted octanol–water partition coefficient (Wildman–Crippen LogP) is 4.75. The number of carbonyl (C=O) groups is 1. The van der Waals surface area contributed by atoms with Crippen LogP contribution in [-0.4, -0.2) is 28.5 Å². The molecule has 0 N–H and O–H groups in total. The first-order valence-electron chi connectivity index (χ1n) is 8.92. The first-order chi connectivity index (χ1) is 14.3. The lowest BCUT2D eigenvalue weighted by Crippen LogP contribution is -2.04. The van der Waals surface area contributed by atoms with Crippen molar-refractivity contribution in [2.45, 2.75) is 11.8 Å². The minimum Gasteiger partial charge on any atom is -0.497 e. The zero-order valence-electron chi connectivity index (χ0n) is 16.7. The van der Waals surface area contributed by atoms with Crippen LogP contribution in [0.5, 0.6) is 5.75 Å². The van der Waals surface area contributed by atoms with E-state index in [1.54, 1.807) is 37.6 Å². The summed E-state index contributed by atoms with van der Waals surface area (Å²) in [6.07, 6.45) is 4.34. The molecule has 1 unspecified atom stereocenters. The molecule has 0 aliphatic rings. The van der Waals surface area contributed by atoms with Gasteiger partial charge in [0.1, 0.15) is 5.75 Å². The third kappa shape index (κ3) is 5.26. The summed E-state index contributed by atoms with van der Waals surface area (Å²) in [7, 11) is -1.33. The molecular weight excluding hydrogens is 420 g/mol. The molecule has 0 fully saturated rings. The van der Waals surface area contributed by atoms with Crippen molar-refractivity contribution in [3.63, 3.8) is 0 Å². The van der Waals surface area contributed by atoms with Gasteiger partial charge in [0.15, 0.2) is 0 Å². The maximum atomic E-state index is 12.9. The number of ether oxygens (including phenoxy) is 1. The summed E-state index contributed by atoms with van der Waals surface area (Å²) in [5.41, 5.74) is 2.58. The molecule has 1 amide bonds. The molecule has 1 aromatic heterocycles. The van der Waals surface area contributed by atoms with E-state index in [0.29, 0.717) is 15.5 Å². The van der Waals surface area contributed by atoms with E-state index in [0.717, 1.165) is 16.9 Å². The summed E-state index contributed by atoms with van der Waals surface area (Å²) < 4.78 is 22.0. The summed E-state index contributed by atoms with van der Waals surface area (Å²) >= 11 is 5.95. The van der Waals surface area contributed by atoms with Crippen LogP contribution in [0.3, 0.4) is 0 Å². The number of halogens is 1. The molecule has 0 aliphatic heterocycles. The maximum absolute atomic E-state index is 12.9. The highest BCUT2D eigenvalue weighted by Gasteiger charge is 2.12. The van der Waals surface area contributed by atoms with Gasteiger partial charge in [-0.3, -0.25) is 9.78 Å². The quantitative estimate of drug-likeness (QED) is 0.553. The number of carbonyl (C=O) groups excluding carboxylic acids is 1. The summed E-state index contributed by atoms with van der Waals surface area (Å²) in [5, 5.41) is 0.428. The molecular formula is C23H19ClN2O3S. The standard InChI is InChI=1S/C23H19ClN2O3S/c1-16-11-21(29-2)10-9-18(16)8-7-17-12-19(15-25-14-17)23(27)26-30(3,28)22-6-4-5-20(24)13-22/h4-6,9-15H,1-3H3. The molecule has 5 nitrogen and oxygen atoms in total. The second kappa shape index (κ2) is 9.12. The molecule has 0 saturated carbocycles. The molecule has 30 heavy (non-hydrogen) atoms. The van der Waals surface area contributed by atoms with Crippen molar-refractivity contribution in [1.82, 2.24) is 4.98 Å². The summed E-state index contributed by atoms with van der Waals surface area (Å²) in [5.74, 6) is 6.20. The molecule has 0 aliphatic carbocycles. The highest BCUT2D eigenvalue weighted by Crippen LogP contribution is 2.18. The average Bonchev–Trinajstić information content (AvgIpc) is 2.72. The van der Waals surface area contributed by atoms with E-state index >= 15 is 0 Å². The largest absolute Gasteiger partial charge is 0.497 e. The summed E-state index contributed by atoms with van der Waals surface area (Å²) in [6, 6.07) is 13.7. The Kier molecular flexibility index (Phi) is 6.56. The summed E-state index contributed by atoms with van der Waals surface area (Å²) in [6.45, 7) is 1.94. The van der Waals surface area contributed by atoms with Crippen LogP contribution in [0, 0.1) is 18.8 Å². The van der Waals surface area contributed by atoms with Gasteiger partial charge in [0.05, 0.1) is 22.4 Å². The van der Waals surface area contributed by atoms with Crippen LogP contribution in [0.15, 0.2) is 70.2 Å². The zero-order chi connectivity index (χ0) is 21.7. The van der Waals surface area contributed by atoms with Crippen molar-refractivity contribution in [2.75, 3.05) is 13.4 Å². The van der Waals surface area contributed by atoms with Gasteiger partial charge in [-0.2, -0.15) is 4.36 Å². The topological polar surface area (TPSA) is 68.6 Å². The predicted molar refractivity (Wildman–Crippen MR) is 118 cm³/mol. The molecule has 1 atom stereocenters. The Morgan fingerprint density at radius 2 is 1.93 bits per heavy atom. The molecule has 0 saturated heterocycles. The Labute approximate surface area is 181 Å². The molecule has 3 aromatic rings. The Hall–Kier alpha value is -3.14. The van der Waals surface area contributed by atoms with Crippen molar-refractivity contribution in [2.24, 2.45) is 4.36 Å². The van der Waals surface area contributed by atoms with E-state index in [1.165, 1.54) is 18.5 Å². The van der Waals surface area contributed by atoms with E-state index in [2.05, 4.69) is 21.2 Å². The highest BCUT2D eigenvalue weighted by atomic mass is 35.5. The second-order valence-electron chi connectivity index (χ2n) is 6.55. The van der Waals surface area contributed by atoms with Crippen molar-refractivity contribution in [1.29, 1.82) is 0 Å². The Balaban J connectivity index is 1.89. The van der Waals surface area contributed by atoms with E-state index in [1.807, 2.05) is 25.1 Å². The van der Waals surface area contributed by atoms with Gasteiger partial charge in [0, 0.05) is 39.7 Å². The average molecular weight is 439 g/mol. The number of hydrogen-bond donors (Lipinski definition) is 0. The number of methoxy groups -OCH3 is 1. The van der Waals surface area contributed by atoms with Crippen LogP contribution in [0.25, 0.3) is 0 Å². The SMILES string of the molecule is COc1ccc(C#Cc2cncc(C(=O)N=S(C)(=O)c3cccc(Cl)c3)c2)c(C)c1. The molecule has 0 bridgehead atoms. The number of aryl methyl sites for hydroxylation is 1. The number of nitrogens with zero attached hydrogens (tertiary/aromatic N) is 2. The summed E-state index contributed by atoms with van der Waals surface area (Å²) in [4.78, 5) is 17.0. The molecule has 3 rings (SSSR count). The lowest BCUT2D eigenvalue weighted by Gasteiger charge is -2.04. The van der Waals surface area contributed by atoms with E-state index in [4.69, 9.17) is 16.3 Å². The van der Waals surface area contributed by atoms with Crippen molar-refractivity contribution >= 4 is 27.2 Å². The van der Waals surface area contributed by atoms with Gasteiger partial charge in [-0.15, -0.1) is 0 Å². The van der Waals surface area contributed by atoms with Gasteiger partial charge in [-0.25, -0.2) is 4.21 Å². The number of amides is 1. The fourth-order valence-corrected chi connectivity index (χ4v) is 4.09. The highest BCUT2D eigenvalue weighted by molar-refractivity contribution is 7.93. The van der Waals surface area contributed by atoms with Gasteiger partial charge in [0.25, 0.3) is 5.91 Å². The molecule has 7 heteroatoms. The third-order valence-electron chi connectivity index (χ3n) is 4.25. The Bertz CT molecular complexity index is 1300. The van der Waals surface area contributed by atoms with Gasteiger partial charge >= 0.3 is 0 Å². The van der Waals surface area contributed by atoms with Crippen LogP contribution in [0.1, 0.15) is 27.0 Å². The first-order valence-corrected chi connectivity index (χ1v) is 11.2. The number of aromatic nitrogens is 1. The van der Waals surface area contributed by atoms with Crippen molar-refractivity contribution in [3.8, 4) is 17.6 Å². The fraction of sp³-hybridized carbons (Fsp3) is 0.130. The van der Waals surface area contributed by atoms with Crippen LogP contribution < -0.4 is 4.74 Å². The third-order valence-corrected chi connectivity index (χ3v) is 6.13.